The van der Waals surface area contributed by atoms with Gasteiger partial charge >= 0.3 is 0 Å². The van der Waals surface area contributed by atoms with Crippen LogP contribution in [-0.4, -0.2) is 22.1 Å². The lowest BCUT2D eigenvalue weighted by molar-refractivity contribution is 0.0951. The van der Waals surface area contributed by atoms with Crippen molar-refractivity contribution in [3.63, 3.8) is 0 Å². The summed E-state index contributed by atoms with van der Waals surface area (Å²) in [6, 6.07) is 13.7. The van der Waals surface area contributed by atoms with Gasteiger partial charge in [-0.1, -0.05) is 43.3 Å². The number of carbonyl (C=O) groups is 1. The highest BCUT2D eigenvalue weighted by Gasteiger charge is 2.23. The van der Waals surface area contributed by atoms with E-state index in [4.69, 9.17) is 0 Å². The van der Waals surface area contributed by atoms with Gasteiger partial charge in [-0.15, -0.1) is 0 Å². The molecule has 0 aliphatic rings. The van der Waals surface area contributed by atoms with Crippen LogP contribution < -0.4 is 10.9 Å². The molecule has 5 nitrogen and oxygen atoms in total. The first-order valence-electron chi connectivity index (χ1n) is 8.72. The zero-order valence-electron chi connectivity index (χ0n) is 15.2. The number of pyridine rings is 1. The molecule has 1 heterocycles. The highest BCUT2D eigenvalue weighted by atomic mass is 16.3. The summed E-state index contributed by atoms with van der Waals surface area (Å²) in [6.07, 6.45) is 0.655. The van der Waals surface area contributed by atoms with Crippen LogP contribution in [0.2, 0.25) is 0 Å². The van der Waals surface area contributed by atoms with E-state index in [1.165, 1.54) is 4.57 Å². The fraction of sp³-hybridized carbons (Fsp3) is 0.238. The molecule has 26 heavy (non-hydrogen) atoms. The van der Waals surface area contributed by atoms with Crippen LogP contribution in [0.25, 0.3) is 22.0 Å². The second-order valence-electron chi connectivity index (χ2n) is 6.15. The second kappa shape index (κ2) is 7.04. The van der Waals surface area contributed by atoms with Crippen LogP contribution in [0.5, 0.6) is 5.75 Å². The summed E-state index contributed by atoms with van der Waals surface area (Å²) < 4.78 is 1.42. The van der Waals surface area contributed by atoms with E-state index >= 15 is 0 Å². The van der Waals surface area contributed by atoms with E-state index in [0.29, 0.717) is 23.9 Å². The lowest BCUT2D eigenvalue weighted by atomic mass is 9.93. The minimum Gasteiger partial charge on any atom is -0.506 e. The SMILES string of the molecule is CCNC(=O)c1c(O)c2c(CC)c(-c3ccccc3)ccc2n(C)c1=O. The molecule has 5 heteroatoms. The summed E-state index contributed by atoms with van der Waals surface area (Å²) in [5.41, 5.74) is 2.82. The normalized spacial score (nSPS) is 10.9. The van der Waals surface area contributed by atoms with Crippen molar-refractivity contribution in [2.75, 3.05) is 6.54 Å². The summed E-state index contributed by atoms with van der Waals surface area (Å²) in [7, 11) is 1.62. The molecular formula is C21H22N2O3. The lowest BCUT2D eigenvalue weighted by Gasteiger charge is -2.17. The van der Waals surface area contributed by atoms with Crippen molar-refractivity contribution in [2.45, 2.75) is 20.3 Å². The number of amides is 1. The van der Waals surface area contributed by atoms with Crippen molar-refractivity contribution in [2.24, 2.45) is 7.05 Å². The molecule has 0 aliphatic carbocycles. The van der Waals surface area contributed by atoms with Crippen molar-refractivity contribution < 1.29 is 9.90 Å². The average Bonchev–Trinajstić information content (AvgIpc) is 2.66. The molecular weight excluding hydrogens is 328 g/mol. The third kappa shape index (κ3) is 2.75. The van der Waals surface area contributed by atoms with E-state index in [9.17, 15) is 14.7 Å². The summed E-state index contributed by atoms with van der Waals surface area (Å²) >= 11 is 0. The largest absolute Gasteiger partial charge is 0.506 e. The van der Waals surface area contributed by atoms with E-state index < -0.39 is 11.5 Å². The quantitative estimate of drug-likeness (QED) is 0.759. The Morgan fingerprint density at radius 1 is 1.12 bits per heavy atom. The molecule has 134 valence electrons. The Hall–Kier alpha value is -3.08. The molecule has 0 bridgehead atoms. The summed E-state index contributed by atoms with van der Waals surface area (Å²) in [5, 5.41) is 14.0. The molecule has 0 fully saturated rings. The van der Waals surface area contributed by atoms with Crippen LogP contribution in [0.15, 0.2) is 47.3 Å². The number of carbonyl (C=O) groups excluding carboxylic acids is 1. The minimum atomic E-state index is -0.556. The smallest absolute Gasteiger partial charge is 0.267 e. The van der Waals surface area contributed by atoms with Crippen LogP contribution in [0.3, 0.4) is 0 Å². The fourth-order valence-electron chi connectivity index (χ4n) is 3.39. The predicted molar refractivity (Wildman–Crippen MR) is 104 cm³/mol. The topological polar surface area (TPSA) is 71.3 Å². The monoisotopic (exact) mass is 350 g/mol. The molecule has 0 radical (unpaired) electrons. The van der Waals surface area contributed by atoms with Crippen molar-refractivity contribution in [3.8, 4) is 16.9 Å². The van der Waals surface area contributed by atoms with Gasteiger partial charge in [-0.3, -0.25) is 9.59 Å². The van der Waals surface area contributed by atoms with Gasteiger partial charge in [-0.2, -0.15) is 0 Å². The highest BCUT2D eigenvalue weighted by molar-refractivity contribution is 6.04. The third-order valence-corrected chi connectivity index (χ3v) is 4.65. The molecule has 1 amide bonds. The predicted octanol–water partition coefficient (Wildman–Crippen LogP) is 3.22. The molecule has 0 unspecified atom stereocenters. The molecule has 0 saturated heterocycles. The van der Waals surface area contributed by atoms with Crippen LogP contribution in [-0.2, 0) is 13.5 Å². The number of aromatic nitrogens is 1. The molecule has 0 spiro atoms. The number of aromatic hydroxyl groups is 1. The number of nitrogens with one attached hydrogen (secondary N) is 1. The first-order valence-corrected chi connectivity index (χ1v) is 8.72. The minimum absolute atomic E-state index is 0.207. The summed E-state index contributed by atoms with van der Waals surface area (Å²) in [6.45, 7) is 4.15. The van der Waals surface area contributed by atoms with E-state index in [0.717, 1.165) is 16.7 Å². The Bertz CT molecular complexity index is 1040. The molecule has 2 aromatic carbocycles. The van der Waals surface area contributed by atoms with Crippen molar-refractivity contribution in [1.82, 2.24) is 9.88 Å². The van der Waals surface area contributed by atoms with Gasteiger partial charge in [0.1, 0.15) is 11.3 Å². The molecule has 0 atom stereocenters. The number of nitrogens with zero attached hydrogens (tertiary/aromatic N) is 1. The number of hydrogen-bond acceptors (Lipinski definition) is 3. The number of rotatable bonds is 4. The average molecular weight is 350 g/mol. The maximum Gasteiger partial charge on any atom is 0.267 e. The number of aryl methyl sites for hydroxylation is 2. The molecule has 2 N–H and O–H groups in total. The van der Waals surface area contributed by atoms with Crippen LogP contribution >= 0.6 is 0 Å². The zero-order chi connectivity index (χ0) is 18.8. The van der Waals surface area contributed by atoms with Gasteiger partial charge in [0.25, 0.3) is 11.5 Å². The number of hydrogen-bond donors (Lipinski definition) is 2. The fourth-order valence-corrected chi connectivity index (χ4v) is 3.39. The number of fused-ring (bicyclic) bond motifs is 1. The Kier molecular flexibility index (Phi) is 4.80. The first kappa shape index (κ1) is 17.7. The molecule has 3 rings (SSSR count). The van der Waals surface area contributed by atoms with Gasteiger partial charge in [0, 0.05) is 19.0 Å². The van der Waals surface area contributed by atoms with Crippen molar-refractivity contribution >= 4 is 16.8 Å². The molecule has 0 aliphatic heterocycles. The summed E-state index contributed by atoms with van der Waals surface area (Å²) in [4.78, 5) is 25.0. The maximum absolute atomic E-state index is 12.6. The standard InChI is InChI=1S/C21H22N2O3/c1-4-14-15(13-9-7-6-8-10-13)11-12-16-17(14)19(24)18(20(25)22-5-2)21(26)23(16)3/h6-12,24H,4-5H2,1-3H3,(H,22,25). The van der Waals surface area contributed by atoms with Gasteiger partial charge in [-0.25, -0.2) is 0 Å². The van der Waals surface area contributed by atoms with E-state index in [1.54, 1.807) is 14.0 Å². The molecule has 3 aromatic rings. The van der Waals surface area contributed by atoms with Gasteiger partial charge < -0.3 is 15.0 Å². The maximum atomic E-state index is 12.6. The Balaban J connectivity index is 2.42. The van der Waals surface area contributed by atoms with E-state index in [1.807, 2.05) is 49.4 Å². The zero-order valence-corrected chi connectivity index (χ0v) is 15.2. The summed E-state index contributed by atoms with van der Waals surface area (Å²) in [5.74, 6) is -0.802. The van der Waals surface area contributed by atoms with Gasteiger partial charge in [-0.05, 0) is 36.1 Å². The van der Waals surface area contributed by atoms with E-state index in [-0.39, 0.29) is 11.3 Å². The van der Waals surface area contributed by atoms with Crippen LogP contribution in [0, 0.1) is 0 Å². The Morgan fingerprint density at radius 3 is 2.42 bits per heavy atom. The first-order chi connectivity index (χ1) is 12.5. The molecule has 0 saturated carbocycles. The van der Waals surface area contributed by atoms with Gasteiger partial charge in [0.15, 0.2) is 0 Å². The van der Waals surface area contributed by atoms with Crippen LogP contribution in [0.1, 0.15) is 29.8 Å². The van der Waals surface area contributed by atoms with Gasteiger partial charge in [0.2, 0.25) is 0 Å². The Morgan fingerprint density at radius 2 is 1.81 bits per heavy atom. The highest BCUT2D eigenvalue weighted by Crippen LogP contribution is 2.36. The van der Waals surface area contributed by atoms with Crippen LogP contribution in [0.4, 0.5) is 0 Å². The third-order valence-electron chi connectivity index (χ3n) is 4.65. The Labute approximate surface area is 151 Å². The van der Waals surface area contributed by atoms with Gasteiger partial charge in [0.05, 0.1) is 5.52 Å². The second-order valence-corrected chi connectivity index (χ2v) is 6.15. The van der Waals surface area contributed by atoms with Crippen molar-refractivity contribution in [1.29, 1.82) is 0 Å². The molecule has 1 aromatic heterocycles. The number of benzene rings is 2. The van der Waals surface area contributed by atoms with E-state index in [2.05, 4.69) is 5.32 Å². The lowest BCUT2D eigenvalue weighted by Crippen LogP contribution is -2.32. The van der Waals surface area contributed by atoms with Crippen molar-refractivity contribution in [3.05, 3.63) is 63.9 Å².